The molecule has 0 bridgehead atoms. The van der Waals surface area contributed by atoms with Crippen LogP contribution in [-0.2, 0) is 37.4 Å². The van der Waals surface area contributed by atoms with Crippen molar-refractivity contribution < 1.29 is 22.7 Å². The van der Waals surface area contributed by atoms with Crippen LogP contribution in [-0.4, -0.2) is 56.2 Å². The maximum absolute atomic E-state index is 13.6. The molecule has 8 nitrogen and oxygen atoms in total. The fraction of sp³-hybridized carbons (Fsp3) is 0.333. The van der Waals surface area contributed by atoms with Gasteiger partial charge in [-0.3, -0.25) is 9.59 Å². The third-order valence-electron chi connectivity index (χ3n) is 5.75. The Hall–Kier alpha value is -3.05. The first-order chi connectivity index (χ1) is 17.7. The van der Waals surface area contributed by atoms with Crippen LogP contribution < -0.4 is 5.32 Å². The molecule has 0 aliphatic rings. The number of benzene rings is 2. The highest BCUT2D eigenvalue weighted by Crippen LogP contribution is 2.22. The van der Waals surface area contributed by atoms with Gasteiger partial charge in [0.15, 0.2) is 0 Å². The fourth-order valence-electron chi connectivity index (χ4n) is 3.76. The van der Waals surface area contributed by atoms with Gasteiger partial charge in [-0.05, 0) is 60.2 Å². The summed E-state index contributed by atoms with van der Waals surface area (Å²) in [7, 11) is -2.43. The van der Waals surface area contributed by atoms with Crippen LogP contribution in [0.3, 0.4) is 0 Å². The average molecular weight is 544 g/mol. The van der Waals surface area contributed by atoms with E-state index in [1.54, 1.807) is 23.3 Å². The molecule has 0 aliphatic carbocycles. The van der Waals surface area contributed by atoms with E-state index < -0.39 is 10.0 Å². The molecule has 1 aromatic heterocycles. The third kappa shape index (κ3) is 8.22. The van der Waals surface area contributed by atoms with E-state index in [1.807, 2.05) is 48.7 Å². The summed E-state index contributed by atoms with van der Waals surface area (Å²) in [5.74, 6) is -0.533. The van der Waals surface area contributed by atoms with Gasteiger partial charge >= 0.3 is 0 Å². The molecular weight excluding hydrogens is 510 g/mol. The predicted molar refractivity (Wildman–Crippen MR) is 146 cm³/mol. The normalized spacial score (nSPS) is 11.5. The number of nitrogens with one attached hydrogen (secondary N) is 1. The molecule has 0 unspecified atom stereocenters. The zero-order valence-corrected chi connectivity index (χ0v) is 23.0. The monoisotopic (exact) mass is 543 g/mol. The number of ether oxygens (including phenoxy) is 1. The Morgan fingerprint density at radius 3 is 2.30 bits per heavy atom. The second-order valence-corrected chi connectivity index (χ2v) is 11.6. The molecule has 2 aromatic carbocycles. The molecule has 0 spiro atoms. The van der Waals surface area contributed by atoms with Crippen molar-refractivity contribution in [2.75, 3.05) is 32.1 Å². The van der Waals surface area contributed by atoms with Gasteiger partial charge in [0.05, 0.1) is 18.0 Å². The summed E-state index contributed by atoms with van der Waals surface area (Å²) in [5, 5.41) is 4.61. The second kappa shape index (κ2) is 13.5. The Kier molecular flexibility index (Phi) is 10.4. The van der Waals surface area contributed by atoms with Crippen molar-refractivity contribution in [2.24, 2.45) is 0 Å². The highest BCUT2D eigenvalue weighted by Gasteiger charge is 2.29. The average Bonchev–Trinajstić information content (AvgIpc) is 3.27. The van der Waals surface area contributed by atoms with Crippen LogP contribution in [0.1, 0.15) is 29.3 Å². The summed E-state index contributed by atoms with van der Waals surface area (Å²) in [6.45, 7) is 4.35. The summed E-state index contributed by atoms with van der Waals surface area (Å²) in [6, 6.07) is 17.6. The van der Waals surface area contributed by atoms with Crippen LogP contribution in [0, 0.1) is 6.92 Å². The minimum Gasteiger partial charge on any atom is -0.385 e. The maximum atomic E-state index is 13.6. The molecule has 0 radical (unpaired) electrons. The number of nitrogens with zero attached hydrogens (tertiary/aromatic N) is 2. The Labute approximate surface area is 222 Å². The molecule has 3 rings (SSSR count). The van der Waals surface area contributed by atoms with Crippen LogP contribution in [0.25, 0.3) is 0 Å². The minimum atomic E-state index is -3.98. The number of sulfonamides is 1. The first-order valence-electron chi connectivity index (χ1n) is 11.9. The van der Waals surface area contributed by atoms with Gasteiger partial charge in [0, 0.05) is 44.3 Å². The van der Waals surface area contributed by atoms with Gasteiger partial charge in [0.1, 0.15) is 0 Å². The second-order valence-electron chi connectivity index (χ2n) is 8.65. The molecule has 198 valence electrons. The zero-order chi connectivity index (χ0) is 26.8. The van der Waals surface area contributed by atoms with E-state index in [0.29, 0.717) is 31.8 Å². The van der Waals surface area contributed by atoms with E-state index in [4.69, 9.17) is 4.74 Å². The van der Waals surface area contributed by atoms with Crippen LogP contribution in [0.5, 0.6) is 0 Å². The van der Waals surface area contributed by atoms with Gasteiger partial charge < -0.3 is 15.0 Å². The van der Waals surface area contributed by atoms with Crippen molar-refractivity contribution >= 4 is 38.9 Å². The number of methoxy groups -OCH3 is 1. The zero-order valence-electron chi connectivity index (χ0n) is 21.3. The molecule has 0 saturated heterocycles. The molecule has 0 atom stereocenters. The fourth-order valence-corrected chi connectivity index (χ4v) is 6.11. The van der Waals surface area contributed by atoms with Gasteiger partial charge in [-0.25, -0.2) is 8.42 Å². The quantitative estimate of drug-likeness (QED) is 0.325. The summed E-state index contributed by atoms with van der Waals surface area (Å²) < 4.78 is 33.5. The van der Waals surface area contributed by atoms with Crippen LogP contribution in [0.2, 0.25) is 0 Å². The molecule has 0 fully saturated rings. The number of thiophene rings is 1. The number of hydrogen-bond donors (Lipinski definition) is 1. The highest BCUT2D eigenvalue weighted by molar-refractivity contribution is 7.89. The van der Waals surface area contributed by atoms with Crippen molar-refractivity contribution in [3.8, 4) is 0 Å². The number of aryl methyl sites for hydroxylation is 1. The molecule has 0 aliphatic heterocycles. The molecule has 1 heterocycles. The first-order valence-corrected chi connectivity index (χ1v) is 14.2. The van der Waals surface area contributed by atoms with E-state index in [0.717, 1.165) is 16.0 Å². The Bertz CT molecular complexity index is 1270. The Morgan fingerprint density at radius 2 is 1.70 bits per heavy atom. The lowest BCUT2D eigenvalue weighted by molar-refractivity contribution is -0.132. The Morgan fingerprint density at radius 1 is 1.00 bits per heavy atom. The summed E-state index contributed by atoms with van der Waals surface area (Å²) in [5.41, 5.74) is 2.56. The number of carbonyl (C=O) groups is 2. The van der Waals surface area contributed by atoms with Gasteiger partial charge in [0.2, 0.25) is 21.8 Å². The number of amides is 2. The van der Waals surface area contributed by atoms with Crippen LogP contribution >= 0.6 is 11.3 Å². The topological polar surface area (TPSA) is 96.0 Å². The largest absolute Gasteiger partial charge is 0.385 e. The smallest absolute Gasteiger partial charge is 0.243 e. The molecule has 10 heteroatoms. The number of anilines is 1. The number of rotatable bonds is 13. The molecule has 2 amide bonds. The van der Waals surface area contributed by atoms with Crippen molar-refractivity contribution in [3.05, 3.63) is 82.0 Å². The lowest BCUT2D eigenvalue weighted by Gasteiger charge is -2.27. The van der Waals surface area contributed by atoms with E-state index in [1.165, 1.54) is 35.5 Å². The minimum absolute atomic E-state index is 0.0514. The third-order valence-corrected chi connectivity index (χ3v) is 8.62. The van der Waals surface area contributed by atoms with Gasteiger partial charge in [-0.2, -0.15) is 4.31 Å². The number of hydrogen-bond acceptors (Lipinski definition) is 6. The lowest BCUT2D eigenvalue weighted by atomic mass is 10.2. The molecule has 3 aromatic rings. The highest BCUT2D eigenvalue weighted by atomic mass is 32.2. The van der Waals surface area contributed by atoms with E-state index >= 15 is 0 Å². The SMILES string of the molecule is COCCCN(CC(=O)N(Cc1ccccc1)Cc1sccc1C)S(=O)(=O)c1ccc(NC(C)=O)cc1. The number of carbonyl (C=O) groups excluding carboxylic acids is 2. The van der Waals surface area contributed by atoms with Crippen LogP contribution in [0.15, 0.2) is 70.9 Å². The molecular formula is C27H33N3O5S2. The summed E-state index contributed by atoms with van der Waals surface area (Å²) >= 11 is 1.58. The molecule has 37 heavy (non-hydrogen) atoms. The van der Waals surface area contributed by atoms with Crippen molar-refractivity contribution in [3.63, 3.8) is 0 Å². The first kappa shape index (κ1) is 28.5. The molecule has 0 saturated carbocycles. The van der Waals surface area contributed by atoms with Gasteiger partial charge in [0.25, 0.3) is 0 Å². The molecule has 1 N–H and O–H groups in total. The van der Waals surface area contributed by atoms with E-state index in [-0.39, 0.29) is 29.8 Å². The lowest BCUT2D eigenvalue weighted by Crippen LogP contribution is -2.43. The van der Waals surface area contributed by atoms with Crippen molar-refractivity contribution in [1.82, 2.24) is 9.21 Å². The van der Waals surface area contributed by atoms with Crippen molar-refractivity contribution in [1.29, 1.82) is 0 Å². The predicted octanol–water partition coefficient (Wildman–Crippen LogP) is 4.27. The van der Waals surface area contributed by atoms with Gasteiger partial charge in [-0.1, -0.05) is 30.3 Å². The summed E-state index contributed by atoms with van der Waals surface area (Å²) in [4.78, 5) is 27.8. The summed E-state index contributed by atoms with van der Waals surface area (Å²) in [6.07, 6.45) is 0.440. The standard InChI is InChI=1S/C27H33N3O5S2/c1-21-14-17-36-26(21)19-29(18-23-8-5-4-6-9-23)27(32)20-30(15-7-16-35-3)37(33,34)25-12-10-24(11-13-25)28-22(2)31/h4-6,8-14,17H,7,15-16,18-20H2,1-3H3,(H,28,31). The van der Waals surface area contributed by atoms with E-state index in [9.17, 15) is 18.0 Å². The van der Waals surface area contributed by atoms with Crippen LogP contribution in [0.4, 0.5) is 5.69 Å². The van der Waals surface area contributed by atoms with Gasteiger partial charge in [-0.15, -0.1) is 11.3 Å². The Balaban J connectivity index is 1.86. The maximum Gasteiger partial charge on any atom is 0.243 e. The van der Waals surface area contributed by atoms with E-state index in [2.05, 4.69) is 5.32 Å². The van der Waals surface area contributed by atoms with Crippen molar-refractivity contribution in [2.45, 2.75) is 38.3 Å².